The van der Waals surface area contributed by atoms with Gasteiger partial charge in [-0.1, -0.05) is 23.9 Å². The Bertz CT molecular complexity index is 572. The molecule has 1 aromatic carbocycles. The van der Waals surface area contributed by atoms with E-state index in [0.717, 1.165) is 28.1 Å². The molecular weight excluding hydrogens is 288 g/mol. The van der Waals surface area contributed by atoms with Gasteiger partial charge < -0.3 is 19.1 Å². The van der Waals surface area contributed by atoms with Crippen LogP contribution in [0.4, 0.5) is 0 Å². The van der Waals surface area contributed by atoms with Crippen LogP contribution in [0.15, 0.2) is 35.6 Å². The van der Waals surface area contributed by atoms with E-state index in [9.17, 15) is 0 Å². The molecule has 2 aromatic rings. The molecule has 0 spiro atoms. The number of aliphatic hydroxyl groups is 1. The number of thioether (sulfide) groups is 1. The lowest BCUT2D eigenvalue weighted by Gasteiger charge is -2.11. The molecule has 0 unspecified atom stereocenters. The summed E-state index contributed by atoms with van der Waals surface area (Å²) in [5.41, 5.74) is 0.806. The number of ether oxygens (including phenoxy) is 2. The van der Waals surface area contributed by atoms with Crippen LogP contribution in [0.5, 0.6) is 11.5 Å². The largest absolute Gasteiger partial charge is 0.490 e. The summed E-state index contributed by atoms with van der Waals surface area (Å²) in [5.74, 6) is 2.30. The van der Waals surface area contributed by atoms with Crippen molar-refractivity contribution in [2.45, 2.75) is 18.7 Å². The highest BCUT2D eigenvalue weighted by Gasteiger charge is 2.07. The Hall–Kier alpha value is -1.66. The summed E-state index contributed by atoms with van der Waals surface area (Å²) in [5, 5.41) is 10.0. The van der Waals surface area contributed by atoms with E-state index in [-0.39, 0.29) is 6.61 Å². The highest BCUT2D eigenvalue weighted by Crippen LogP contribution is 2.26. The molecule has 5 nitrogen and oxygen atoms in total. The van der Waals surface area contributed by atoms with Gasteiger partial charge in [0.05, 0.1) is 31.7 Å². The Labute approximate surface area is 128 Å². The predicted octanol–water partition coefficient (Wildman–Crippen LogP) is 2.48. The fraction of sp³-hybridized carbons (Fsp3) is 0.400. The van der Waals surface area contributed by atoms with Crippen LogP contribution in [0.1, 0.15) is 12.6 Å². The lowest BCUT2D eigenvalue weighted by atomic mass is 10.3. The summed E-state index contributed by atoms with van der Waals surface area (Å²) in [6.45, 7) is 3.14. The zero-order chi connectivity index (χ0) is 15.1. The number of imidazole rings is 1. The van der Waals surface area contributed by atoms with Crippen LogP contribution >= 0.6 is 11.8 Å². The second kappa shape index (κ2) is 7.95. The maximum Gasteiger partial charge on any atom is 0.168 e. The normalized spacial score (nSPS) is 10.6. The van der Waals surface area contributed by atoms with Gasteiger partial charge in [0.2, 0.25) is 0 Å². The van der Waals surface area contributed by atoms with E-state index >= 15 is 0 Å². The molecule has 21 heavy (non-hydrogen) atoms. The molecule has 2 rings (SSSR count). The van der Waals surface area contributed by atoms with E-state index < -0.39 is 0 Å². The predicted molar refractivity (Wildman–Crippen MR) is 83.0 cm³/mol. The zero-order valence-electron chi connectivity index (χ0n) is 12.3. The van der Waals surface area contributed by atoms with Crippen LogP contribution < -0.4 is 9.47 Å². The van der Waals surface area contributed by atoms with Crippen LogP contribution in [0, 0.1) is 0 Å². The van der Waals surface area contributed by atoms with Crippen LogP contribution in [0.3, 0.4) is 0 Å². The number of aliphatic hydroxyl groups excluding tert-OH is 1. The first-order chi connectivity index (χ1) is 10.3. The highest BCUT2D eigenvalue weighted by molar-refractivity contribution is 7.99. The molecule has 1 N–H and O–H groups in total. The van der Waals surface area contributed by atoms with Gasteiger partial charge >= 0.3 is 0 Å². The minimum absolute atomic E-state index is 0.00227. The summed E-state index contributed by atoms with van der Waals surface area (Å²) in [6, 6.07) is 7.66. The molecule has 0 aliphatic heterocycles. The van der Waals surface area contributed by atoms with Crippen molar-refractivity contribution < 1.29 is 14.6 Å². The van der Waals surface area contributed by atoms with Gasteiger partial charge in [-0.3, -0.25) is 0 Å². The fourth-order valence-corrected chi connectivity index (χ4v) is 2.62. The molecule has 0 aliphatic rings. The monoisotopic (exact) mass is 308 g/mol. The van der Waals surface area contributed by atoms with Crippen molar-refractivity contribution in [3.8, 4) is 11.5 Å². The van der Waals surface area contributed by atoms with Crippen molar-refractivity contribution in [2.24, 2.45) is 7.05 Å². The molecule has 0 bridgehead atoms. The average molecular weight is 308 g/mol. The Balaban J connectivity index is 1.83. The van der Waals surface area contributed by atoms with Gasteiger partial charge in [-0.2, -0.15) is 0 Å². The van der Waals surface area contributed by atoms with Crippen molar-refractivity contribution in [2.75, 3.05) is 19.0 Å². The summed E-state index contributed by atoms with van der Waals surface area (Å²) >= 11 is 1.60. The fourth-order valence-electron chi connectivity index (χ4n) is 1.84. The maximum absolute atomic E-state index is 9.12. The molecule has 0 amide bonds. The summed E-state index contributed by atoms with van der Waals surface area (Å²) < 4.78 is 13.2. The number of para-hydroxylation sites is 2. The van der Waals surface area contributed by atoms with Crippen molar-refractivity contribution >= 4 is 11.8 Å². The Morgan fingerprint density at radius 1 is 1.24 bits per heavy atom. The van der Waals surface area contributed by atoms with E-state index in [2.05, 4.69) is 4.98 Å². The van der Waals surface area contributed by atoms with Gasteiger partial charge in [-0.05, 0) is 19.1 Å². The van der Waals surface area contributed by atoms with Crippen molar-refractivity contribution in [1.29, 1.82) is 0 Å². The van der Waals surface area contributed by atoms with Gasteiger partial charge in [0, 0.05) is 12.8 Å². The van der Waals surface area contributed by atoms with Gasteiger partial charge in [-0.15, -0.1) is 0 Å². The van der Waals surface area contributed by atoms with Gasteiger partial charge in [0.15, 0.2) is 16.7 Å². The first kappa shape index (κ1) is 15.7. The Morgan fingerprint density at radius 3 is 2.57 bits per heavy atom. The second-order valence-electron chi connectivity index (χ2n) is 4.33. The molecule has 1 aromatic heterocycles. The van der Waals surface area contributed by atoms with E-state index in [1.165, 1.54) is 0 Å². The summed E-state index contributed by atoms with van der Waals surface area (Å²) in [6.07, 6.45) is 1.69. The minimum Gasteiger partial charge on any atom is -0.490 e. The third-order valence-electron chi connectivity index (χ3n) is 2.92. The zero-order valence-corrected chi connectivity index (χ0v) is 13.1. The Kier molecular flexibility index (Phi) is 5.95. The molecule has 114 valence electrons. The van der Waals surface area contributed by atoms with Crippen LogP contribution in [0.2, 0.25) is 0 Å². The Morgan fingerprint density at radius 2 is 1.95 bits per heavy atom. The van der Waals surface area contributed by atoms with Crippen molar-refractivity contribution in [1.82, 2.24) is 9.55 Å². The summed E-state index contributed by atoms with van der Waals surface area (Å²) in [4.78, 5) is 4.26. The van der Waals surface area contributed by atoms with E-state index in [0.29, 0.717) is 13.2 Å². The van der Waals surface area contributed by atoms with Gasteiger partial charge in [0.1, 0.15) is 0 Å². The van der Waals surface area contributed by atoms with Crippen molar-refractivity contribution in [3.63, 3.8) is 0 Å². The molecule has 0 radical (unpaired) electrons. The third kappa shape index (κ3) is 4.15. The molecule has 0 atom stereocenters. The lowest BCUT2D eigenvalue weighted by Crippen LogP contribution is -2.04. The molecule has 0 fully saturated rings. The summed E-state index contributed by atoms with van der Waals surface area (Å²) in [7, 11) is 1.89. The number of aromatic nitrogens is 2. The smallest absolute Gasteiger partial charge is 0.168 e. The molecule has 0 saturated heterocycles. The van der Waals surface area contributed by atoms with Crippen molar-refractivity contribution in [3.05, 3.63) is 36.2 Å². The number of rotatable bonds is 8. The molecule has 1 heterocycles. The average Bonchev–Trinajstić information content (AvgIpc) is 2.86. The minimum atomic E-state index is 0.00227. The first-order valence-electron chi connectivity index (χ1n) is 6.85. The highest BCUT2D eigenvalue weighted by atomic mass is 32.2. The molecule has 6 heteroatoms. The van der Waals surface area contributed by atoms with Gasteiger partial charge in [-0.25, -0.2) is 4.98 Å². The SMILES string of the molecule is CCOc1ccccc1OCCSc1ncc(CO)n1C. The van der Waals surface area contributed by atoms with E-state index in [4.69, 9.17) is 14.6 Å². The maximum atomic E-state index is 9.12. The molecule has 0 aliphatic carbocycles. The lowest BCUT2D eigenvalue weighted by molar-refractivity contribution is 0.271. The number of hydrogen-bond donors (Lipinski definition) is 1. The topological polar surface area (TPSA) is 56.5 Å². The van der Waals surface area contributed by atoms with Crippen LogP contribution in [0.25, 0.3) is 0 Å². The molecule has 0 saturated carbocycles. The van der Waals surface area contributed by atoms with Crippen LogP contribution in [-0.4, -0.2) is 33.6 Å². The standard InChI is InChI=1S/C15H20N2O3S/c1-3-19-13-6-4-5-7-14(13)20-8-9-21-15-16-10-12(11-18)17(15)2/h4-7,10,18H,3,8-9,11H2,1-2H3. The first-order valence-corrected chi connectivity index (χ1v) is 7.83. The second-order valence-corrected chi connectivity index (χ2v) is 5.39. The number of benzene rings is 1. The van der Waals surface area contributed by atoms with Crippen LogP contribution in [-0.2, 0) is 13.7 Å². The number of hydrogen-bond acceptors (Lipinski definition) is 5. The number of nitrogens with zero attached hydrogens (tertiary/aromatic N) is 2. The third-order valence-corrected chi connectivity index (χ3v) is 3.93. The van der Waals surface area contributed by atoms with Gasteiger partial charge in [0.25, 0.3) is 0 Å². The molecular formula is C15H20N2O3S. The van der Waals surface area contributed by atoms with E-state index in [1.54, 1.807) is 18.0 Å². The van der Waals surface area contributed by atoms with E-state index in [1.807, 2.05) is 42.8 Å². The quantitative estimate of drug-likeness (QED) is 0.600.